The second-order valence-electron chi connectivity index (χ2n) is 12.3. The highest BCUT2D eigenvalue weighted by molar-refractivity contribution is 5.71. The lowest BCUT2D eigenvalue weighted by atomic mass is 9.77. The van der Waals surface area contributed by atoms with E-state index in [1.807, 2.05) is 0 Å². The second kappa shape index (κ2) is 15.6. The van der Waals surface area contributed by atoms with Crippen LogP contribution in [0, 0.1) is 11.8 Å². The van der Waals surface area contributed by atoms with Crippen LogP contribution in [0.3, 0.4) is 0 Å². The highest BCUT2D eigenvalue weighted by Crippen LogP contribution is 2.38. The summed E-state index contributed by atoms with van der Waals surface area (Å²) in [5.74, 6) is 2.69. The van der Waals surface area contributed by atoms with Gasteiger partial charge < -0.3 is 0 Å². The first-order chi connectivity index (χ1) is 18.3. The van der Waals surface area contributed by atoms with Crippen LogP contribution < -0.4 is 0 Å². The molecule has 37 heavy (non-hydrogen) atoms. The minimum absolute atomic E-state index is 0.780. The average Bonchev–Trinajstić information content (AvgIpc) is 2.96. The Morgan fingerprint density at radius 2 is 1.11 bits per heavy atom. The predicted molar refractivity (Wildman–Crippen MR) is 164 cm³/mol. The summed E-state index contributed by atoms with van der Waals surface area (Å²) in [5, 5.41) is 0. The first-order valence-corrected chi connectivity index (χ1v) is 16.2. The first-order valence-electron chi connectivity index (χ1n) is 16.2. The van der Waals surface area contributed by atoms with Crippen molar-refractivity contribution in [1.82, 2.24) is 0 Å². The SMILES string of the molecule is CCCCCCCCCC1CC=C(c2ccc(-c3ccc(C4CCC(CCCC)CC4)cc3)cc2)CC1. The highest BCUT2D eigenvalue weighted by Gasteiger charge is 2.22. The van der Waals surface area contributed by atoms with Crippen molar-refractivity contribution in [2.24, 2.45) is 11.8 Å². The Balaban J connectivity index is 1.21. The molecule has 0 amide bonds. The molecule has 0 aromatic heterocycles. The smallest absolute Gasteiger partial charge is 0.0162 e. The maximum atomic E-state index is 2.55. The van der Waals surface area contributed by atoms with E-state index in [4.69, 9.17) is 0 Å². The van der Waals surface area contributed by atoms with E-state index in [0.717, 1.165) is 17.8 Å². The molecule has 1 fully saturated rings. The minimum Gasteiger partial charge on any atom is -0.0804 e. The number of allylic oxidation sites excluding steroid dienone is 2. The van der Waals surface area contributed by atoms with E-state index < -0.39 is 0 Å². The van der Waals surface area contributed by atoms with Crippen LogP contribution in [0.1, 0.15) is 146 Å². The zero-order valence-corrected chi connectivity index (χ0v) is 24.2. The van der Waals surface area contributed by atoms with Crippen LogP contribution in [0.5, 0.6) is 0 Å². The van der Waals surface area contributed by atoms with Gasteiger partial charge in [0.2, 0.25) is 0 Å². The summed E-state index contributed by atoms with van der Waals surface area (Å²) in [7, 11) is 0. The van der Waals surface area contributed by atoms with E-state index in [1.54, 1.807) is 11.1 Å². The summed E-state index contributed by atoms with van der Waals surface area (Å²) in [5.41, 5.74) is 7.29. The number of hydrogen-bond acceptors (Lipinski definition) is 0. The zero-order chi connectivity index (χ0) is 25.7. The molecule has 0 radical (unpaired) electrons. The molecular formula is C37H54. The van der Waals surface area contributed by atoms with Crippen molar-refractivity contribution in [3.63, 3.8) is 0 Å². The summed E-state index contributed by atoms with van der Waals surface area (Å²) < 4.78 is 0. The lowest BCUT2D eigenvalue weighted by molar-refractivity contribution is 0.304. The zero-order valence-electron chi connectivity index (χ0n) is 24.2. The summed E-state index contributed by atoms with van der Waals surface area (Å²) in [6.07, 6.45) is 27.8. The second-order valence-corrected chi connectivity index (χ2v) is 12.3. The topological polar surface area (TPSA) is 0 Å². The third kappa shape index (κ3) is 8.87. The Morgan fingerprint density at radius 1 is 0.541 bits per heavy atom. The van der Waals surface area contributed by atoms with Crippen LogP contribution in [0.15, 0.2) is 54.6 Å². The molecule has 1 atom stereocenters. The van der Waals surface area contributed by atoms with Gasteiger partial charge in [-0.05, 0) is 90.5 Å². The van der Waals surface area contributed by atoms with E-state index in [1.165, 1.54) is 132 Å². The molecular weight excluding hydrogens is 444 g/mol. The van der Waals surface area contributed by atoms with E-state index in [-0.39, 0.29) is 0 Å². The van der Waals surface area contributed by atoms with Crippen molar-refractivity contribution in [3.8, 4) is 11.1 Å². The standard InChI is InChI=1S/C37H54/c1-3-5-7-8-9-10-11-13-31-16-20-33(21-17-31)35-24-28-37(29-25-35)36-26-22-34(23-27-36)32-18-14-30(15-19-32)12-6-4-2/h20,22-32H,3-19,21H2,1-2H3. The van der Waals surface area contributed by atoms with Gasteiger partial charge >= 0.3 is 0 Å². The molecule has 0 N–H and O–H groups in total. The number of benzene rings is 2. The van der Waals surface area contributed by atoms with Crippen LogP contribution in [0.2, 0.25) is 0 Å². The molecule has 0 bridgehead atoms. The van der Waals surface area contributed by atoms with Crippen LogP contribution in [-0.4, -0.2) is 0 Å². The van der Waals surface area contributed by atoms with Crippen molar-refractivity contribution in [3.05, 3.63) is 65.7 Å². The van der Waals surface area contributed by atoms with Gasteiger partial charge in [0.05, 0.1) is 0 Å². The predicted octanol–water partition coefficient (Wildman–Crippen LogP) is 12.1. The molecule has 0 nitrogen and oxygen atoms in total. The Bertz CT molecular complexity index is 908. The van der Waals surface area contributed by atoms with Gasteiger partial charge in [0.1, 0.15) is 0 Å². The van der Waals surface area contributed by atoms with Gasteiger partial charge in [0.25, 0.3) is 0 Å². The van der Waals surface area contributed by atoms with Crippen molar-refractivity contribution in [1.29, 1.82) is 0 Å². The molecule has 1 unspecified atom stereocenters. The monoisotopic (exact) mass is 498 g/mol. The van der Waals surface area contributed by atoms with Gasteiger partial charge in [-0.25, -0.2) is 0 Å². The fourth-order valence-electron chi connectivity index (χ4n) is 6.90. The Morgan fingerprint density at radius 3 is 1.73 bits per heavy atom. The molecule has 0 heteroatoms. The van der Waals surface area contributed by atoms with E-state index in [9.17, 15) is 0 Å². The Hall–Kier alpha value is -1.82. The van der Waals surface area contributed by atoms with Crippen LogP contribution >= 0.6 is 0 Å². The first kappa shape index (κ1) is 28.2. The largest absolute Gasteiger partial charge is 0.0804 e. The molecule has 0 saturated heterocycles. The molecule has 0 spiro atoms. The molecule has 2 aromatic carbocycles. The maximum Gasteiger partial charge on any atom is -0.0162 e. The van der Waals surface area contributed by atoms with Crippen LogP contribution in [-0.2, 0) is 0 Å². The van der Waals surface area contributed by atoms with Gasteiger partial charge in [-0.15, -0.1) is 0 Å². The molecule has 4 rings (SSSR count). The van der Waals surface area contributed by atoms with Gasteiger partial charge in [0, 0.05) is 0 Å². The molecule has 0 heterocycles. The summed E-state index contributed by atoms with van der Waals surface area (Å²) in [6, 6.07) is 19.0. The normalized spacial score (nSPS) is 22.1. The quantitative estimate of drug-likeness (QED) is 0.227. The van der Waals surface area contributed by atoms with E-state index >= 15 is 0 Å². The Labute approximate surface area is 229 Å². The maximum absolute atomic E-state index is 2.55. The van der Waals surface area contributed by atoms with Gasteiger partial charge in [-0.2, -0.15) is 0 Å². The Kier molecular flexibility index (Phi) is 11.9. The lowest BCUT2D eigenvalue weighted by Crippen LogP contribution is -2.13. The third-order valence-electron chi connectivity index (χ3n) is 9.52. The number of unbranched alkanes of at least 4 members (excludes halogenated alkanes) is 7. The molecule has 2 aliphatic rings. The van der Waals surface area contributed by atoms with Crippen molar-refractivity contribution < 1.29 is 0 Å². The van der Waals surface area contributed by atoms with E-state index in [0.29, 0.717) is 0 Å². The molecule has 0 aliphatic heterocycles. The van der Waals surface area contributed by atoms with Crippen molar-refractivity contribution in [2.45, 2.75) is 135 Å². The van der Waals surface area contributed by atoms with Crippen molar-refractivity contribution in [2.75, 3.05) is 0 Å². The molecule has 1 saturated carbocycles. The average molecular weight is 499 g/mol. The fourth-order valence-corrected chi connectivity index (χ4v) is 6.90. The van der Waals surface area contributed by atoms with Crippen molar-refractivity contribution >= 4 is 5.57 Å². The van der Waals surface area contributed by atoms with Crippen LogP contribution in [0.25, 0.3) is 16.7 Å². The fraction of sp³-hybridized carbons (Fsp3) is 0.622. The summed E-state index contributed by atoms with van der Waals surface area (Å²) in [4.78, 5) is 0. The van der Waals surface area contributed by atoms with Gasteiger partial charge in [-0.1, -0.05) is 139 Å². The van der Waals surface area contributed by atoms with Gasteiger partial charge in [-0.3, -0.25) is 0 Å². The molecule has 2 aromatic rings. The number of rotatable bonds is 14. The van der Waals surface area contributed by atoms with E-state index in [2.05, 4.69) is 68.5 Å². The molecule has 202 valence electrons. The number of hydrogen-bond donors (Lipinski definition) is 0. The van der Waals surface area contributed by atoms with Gasteiger partial charge in [0.15, 0.2) is 0 Å². The van der Waals surface area contributed by atoms with Crippen LogP contribution in [0.4, 0.5) is 0 Å². The highest BCUT2D eigenvalue weighted by atomic mass is 14.3. The molecule has 2 aliphatic carbocycles. The lowest BCUT2D eigenvalue weighted by Gasteiger charge is -2.29. The summed E-state index contributed by atoms with van der Waals surface area (Å²) >= 11 is 0. The summed E-state index contributed by atoms with van der Waals surface area (Å²) in [6.45, 7) is 4.62. The minimum atomic E-state index is 0.780. The third-order valence-corrected chi connectivity index (χ3v) is 9.52.